The summed E-state index contributed by atoms with van der Waals surface area (Å²) in [4.78, 5) is 12.1. The second kappa shape index (κ2) is 7.06. The van der Waals surface area contributed by atoms with E-state index in [4.69, 9.17) is 17.3 Å². The van der Waals surface area contributed by atoms with Crippen LogP contribution in [-0.2, 0) is 11.2 Å². The maximum absolute atomic E-state index is 12.1. The van der Waals surface area contributed by atoms with Gasteiger partial charge in [-0.05, 0) is 52.8 Å². The normalized spacial score (nSPS) is 11.9. The molecule has 0 aliphatic heterocycles. The van der Waals surface area contributed by atoms with Gasteiger partial charge in [0, 0.05) is 8.59 Å². The average Bonchev–Trinajstić information content (AvgIpc) is 2.43. The van der Waals surface area contributed by atoms with Gasteiger partial charge in [0.15, 0.2) is 0 Å². The lowest BCUT2D eigenvalue weighted by Gasteiger charge is -2.13. The average molecular weight is 401 g/mol. The molecule has 0 unspecified atom stereocenters. The Labute approximate surface area is 136 Å². The van der Waals surface area contributed by atoms with Crippen molar-refractivity contribution in [1.82, 2.24) is 0 Å². The van der Waals surface area contributed by atoms with E-state index in [1.807, 2.05) is 30.3 Å². The minimum Gasteiger partial charge on any atom is -0.324 e. The smallest absolute Gasteiger partial charge is 0.241 e. The van der Waals surface area contributed by atoms with Gasteiger partial charge in [-0.2, -0.15) is 0 Å². The lowest BCUT2D eigenvalue weighted by Crippen LogP contribution is -2.37. The van der Waals surface area contributed by atoms with Crippen molar-refractivity contribution in [1.29, 1.82) is 0 Å². The number of anilines is 1. The molecule has 2 aromatic rings. The van der Waals surface area contributed by atoms with Crippen LogP contribution in [-0.4, -0.2) is 11.9 Å². The third-order valence-corrected chi connectivity index (χ3v) is 3.95. The molecule has 1 atom stereocenters. The van der Waals surface area contributed by atoms with E-state index in [1.165, 1.54) is 0 Å². The van der Waals surface area contributed by atoms with Crippen LogP contribution in [0.15, 0.2) is 48.5 Å². The van der Waals surface area contributed by atoms with Crippen LogP contribution in [0.25, 0.3) is 0 Å². The molecule has 0 aliphatic carbocycles. The molecule has 0 aromatic heterocycles. The van der Waals surface area contributed by atoms with Gasteiger partial charge in [0.05, 0.1) is 11.7 Å². The first kappa shape index (κ1) is 15.3. The van der Waals surface area contributed by atoms with Crippen molar-refractivity contribution in [3.8, 4) is 0 Å². The molecule has 0 fully saturated rings. The highest BCUT2D eigenvalue weighted by atomic mass is 127. The van der Waals surface area contributed by atoms with E-state index < -0.39 is 6.04 Å². The Morgan fingerprint density at radius 1 is 1.25 bits per heavy atom. The summed E-state index contributed by atoms with van der Waals surface area (Å²) >= 11 is 8.01. The monoisotopic (exact) mass is 400 g/mol. The fourth-order valence-electron chi connectivity index (χ4n) is 1.78. The van der Waals surface area contributed by atoms with E-state index in [9.17, 15) is 4.79 Å². The maximum atomic E-state index is 12.1. The molecule has 1 amide bonds. The summed E-state index contributed by atoms with van der Waals surface area (Å²) in [5.74, 6) is -0.200. The Hall–Kier alpha value is -1.11. The SMILES string of the molecule is N[C@H](Cc1ccccc1)C(=O)Nc1ccc(Cl)cc1I. The van der Waals surface area contributed by atoms with Crippen LogP contribution in [0, 0.1) is 3.57 Å². The molecule has 3 N–H and O–H groups in total. The van der Waals surface area contributed by atoms with Gasteiger partial charge in [0.2, 0.25) is 5.91 Å². The van der Waals surface area contributed by atoms with Gasteiger partial charge >= 0.3 is 0 Å². The predicted octanol–water partition coefficient (Wildman–Crippen LogP) is 3.45. The van der Waals surface area contributed by atoms with Crippen molar-refractivity contribution >= 4 is 45.8 Å². The lowest BCUT2D eigenvalue weighted by atomic mass is 10.1. The molecule has 5 heteroatoms. The van der Waals surface area contributed by atoms with Crippen LogP contribution in [0.1, 0.15) is 5.56 Å². The molecule has 0 bridgehead atoms. The number of hydrogen-bond acceptors (Lipinski definition) is 2. The Kier molecular flexibility index (Phi) is 5.39. The molecular weight excluding hydrogens is 387 g/mol. The van der Waals surface area contributed by atoms with E-state index in [0.29, 0.717) is 11.4 Å². The molecule has 0 saturated carbocycles. The first-order chi connectivity index (χ1) is 9.56. The largest absolute Gasteiger partial charge is 0.324 e. The summed E-state index contributed by atoms with van der Waals surface area (Å²) in [5, 5.41) is 3.47. The van der Waals surface area contributed by atoms with E-state index in [1.54, 1.807) is 18.2 Å². The van der Waals surface area contributed by atoms with Gasteiger partial charge in [-0.25, -0.2) is 0 Å². The van der Waals surface area contributed by atoms with Gasteiger partial charge in [-0.3, -0.25) is 4.79 Å². The minimum atomic E-state index is -0.580. The molecule has 0 saturated heterocycles. The maximum Gasteiger partial charge on any atom is 0.241 e. The number of amides is 1. The highest BCUT2D eigenvalue weighted by Gasteiger charge is 2.15. The van der Waals surface area contributed by atoms with Crippen LogP contribution < -0.4 is 11.1 Å². The summed E-state index contributed by atoms with van der Waals surface area (Å²) < 4.78 is 0.885. The molecule has 0 aliphatic rings. The summed E-state index contributed by atoms with van der Waals surface area (Å²) in [6.45, 7) is 0. The fraction of sp³-hybridized carbons (Fsp3) is 0.133. The quantitative estimate of drug-likeness (QED) is 0.772. The third-order valence-electron chi connectivity index (χ3n) is 2.82. The standard InChI is InChI=1S/C15H14ClIN2O/c16-11-6-7-14(12(17)9-11)19-15(20)13(18)8-10-4-2-1-3-5-10/h1-7,9,13H,8,18H2,(H,19,20)/t13-/m1/s1. The van der Waals surface area contributed by atoms with Gasteiger partial charge in [-0.15, -0.1) is 0 Å². The van der Waals surface area contributed by atoms with Gasteiger partial charge in [0.1, 0.15) is 0 Å². The zero-order valence-corrected chi connectivity index (χ0v) is 13.6. The number of hydrogen-bond donors (Lipinski definition) is 2. The fourth-order valence-corrected chi connectivity index (χ4v) is 2.78. The van der Waals surface area contributed by atoms with Crippen LogP contribution in [0.5, 0.6) is 0 Å². The second-order valence-corrected chi connectivity index (χ2v) is 6.01. The number of carbonyl (C=O) groups is 1. The van der Waals surface area contributed by atoms with Crippen molar-refractivity contribution in [3.63, 3.8) is 0 Å². The Morgan fingerprint density at radius 2 is 1.95 bits per heavy atom. The van der Waals surface area contributed by atoms with Gasteiger partial charge in [-0.1, -0.05) is 41.9 Å². The lowest BCUT2D eigenvalue weighted by molar-refractivity contribution is -0.117. The first-order valence-corrected chi connectivity index (χ1v) is 7.57. The number of carbonyl (C=O) groups excluding carboxylic acids is 1. The zero-order chi connectivity index (χ0) is 14.5. The first-order valence-electron chi connectivity index (χ1n) is 6.11. The van der Waals surface area contributed by atoms with E-state index in [2.05, 4.69) is 27.9 Å². The van der Waals surface area contributed by atoms with Crippen molar-refractivity contribution in [3.05, 3.63) is 62.7 Å². The molecule has 2 aromatic carbocycles. The molecular formula is C15H14ClIN2O. The van der Waals surface area contributed by atoms with Crippen molar-refractivity contribution in [2.24, 2.45) is 5.73 Å². The zero-order valence-electron chi connectivity index (χ0n) is 10.6. The van der Waals surface area contributed by atoms with E-state index in [-0.39, 0.29) is 5.91 Å². The summed E-state index contributed by atoms with van der Waals surface area (Å²) in [5.41, 5.74) is 7.70. The molecule has 104 valence electrons. The van der Waals surface area contributed by atoms with Crippen LogP contribution in [0.3, 0.4) is 0 Å². The van der Waals surface area contributed by atoms with Crippen LogP contribution in [0.4, 0.5) is 5.69 Å². The highest BCUT2D eigenvalue weighted by Crippen LogP contribution is 2.22. The highest BCUT2D eigenvalue weighted by molar-refractivity contribution is 14.1. The van der Waals surface area contributed by atoms with Gasteiger partial charge < -0.3 is 11.1 Å². The number of halogens is 2. The Bertz CT molecular complexity index is 604. The molecule has 0 radical (unpaired) electrons. The summed E-state index contributed by atoms with van der Waals surface area (Å²) in [7, 11) is 0. The van der Waals surface area contributed by atoms with Crippen molar-refractivity contribution < 1.29 is 4.79 Å². The van der Waals surface area contributed by atoms with Gasteiger partial charge in [0.25, 0.3) is 0 Å². The summed E-state index contributed by atoms with van der Waals surface area (Å²) in [6.07, 6.45) is 0.511. The minimum absolute atomic E-state index is 0.200. The second-order valence-electron chi connectivity index (χ2n) is 4.41. The topological polar surface area (TPSA) is 55.1 Å². The molecule has 0 heterocycles. The van der Waals surface area contributed by atoms with Crippen LogP contribution >= 0.6 is 34.2 Å². The Morgan fingerprint density at radius 3 is 2.60 bits per heavy atom. The number of rotatable bonds is 4. The van der Waals surface area contributed by atoms with E-state index in [0.717, 1.165) is 14.8 Å². The predicted molar refractivity (Wildman–Crippen MR) is 90.9 cm³/mol. The molecule has 2 rings (SSSR count). The summed E-state index contributed by atoms with van der Waals surface area (Å²) in [6, 6.07) is 14.4. The van der Waals surface area contributed by atoms with Crippen molar-refractivity contribution in [2.45, 2.75) is 12.5 Å². The number of nitrogens with two attached hydrogens (primary N) is 1. The van der Waals surface area contributed by atoms with Crippen LogP contribution in [0.2, 0.25) is 5.02 Å². The third kappa shape index (κ3) is 4.19. The number of benzene rings is 2. The van der Waals surface area contributed by atoms with E-state index >= 15 is 0 Å². The number of nitrogens with one attached hydrogen (secondary N) is 1. The molecule has 3 nitrogen and oxygen atoms in total. The molecule has 20 heavy (non-hydrogen) atoms. The Balaban J connectivity index is 2.01. The van der Waals surface area contributed by atoms with Crippen molar-refractivity contribution in [2.75, 3.05) is 5.32 Å². The molecule has 0 spiro atoms.